The van der Waals surface area contributed by atoms with Gasteiger partial charge < -0.3 is 15.4 Å². The Morgan fingerprint density at radius 2 is 2.29 bits per heavy atom. The fraction of sp³-hybridized carbons (Fsp3) is 0.923. The summed E-state index contributed by atoms with van der Waals surface area (Å²) in [5, 5.41) is 6.83. The summed E-state index contributed by atoms with van der Waals surface area (Å²) in [4.78, 5) is 12.2. The van der Waals surface area contributed by atoms with Gasteiger partial charge in [0.1, 0.15) is 5.54 Å². The Morgan fingerprint density at radius 1 is 1.59 bits per heavy atom. The molecule has 0 aromatic heterocycles. The third-order valence-electron chi connectivity index (χ3n) is 3.65. The molecule has 1 fully saturated rings. The van der Waals surface area contributed by atoms with Crippen LogP contribution in [0.1, 0.15) is 33.6 Å². The van der Waals surface area contributed by atoms with E-state index in [2.05, 4.69) is 31.4 Å². The van der Waals surface area contributed by atoms with Crippen LogP contribution in [0.4, 0.5) is 0 Å². The summed E-state index contributed by atoms with van der Waals surface area (Å²) >= 11 is 0. The van der Waals surface area contributed by atoms with Crippen molar-refractivity contribution in [3.63, 3.8) is 0 Å². The largest absolute Gasteiger partial charge is 0.468 e. The smallest absolute Gasteiger partial charge is 0.326 e. The molecule has 1 saturated heterocycles. The van der Waals surface area contributed by atoms with Crippen LogP contribution in [0, 0.1) is 11.8 Å². The molecular formula is C13H26N2O2. The predicted molar refractivity (Wildman–Crippen MR) is 68.9 cm³/mol. The Bertz CT molecular complexity index is 256. The molecule has 1 rings (SSSR count). The van der Waals surface area contributed by atoms with Gasteiger partial charge in [0.05, 0.1) is 7.11 Å². The summed E-state index contributed by atoms with van der Waals surface area (Å²) in [5.41, 5.74) is -0.487. The van der Waals surface area contributed by atoms with Gasteiger partial charge >= 0.3 is 5.97 Å². The molecule has 4 heteroatoms. The summed E-state index contributed by atoms with van der Waals surface area (Å²) in [6.07, 6.45) is 1.79. The standard InChI is InChI=1S/C13H26N2O2/c1-5-11-9-14-7-6-13(11,12(16)17-4)15-8-10(2)3/h10-11,14-15H,5-9H2,1-4H3. The SMILES string of the molecule is CCC1CNCCC1(NCC(C)C)C(=O)OC. The van der Waals surface area contributed by atoms with E-state index in [1.165, 1.54) is 7.11 Å². The zero-order valence-electron chi connectivity index (χ0n) is 11.5. The van der Waals surface area contributed by atoms with E-state index in [0.717, 1.165) is 32.5 Å². The average molecular weight is 242 g/mol. The van der Waals surface area contributed by atoms with Gasteiger partial charge in [-0.05, 0) is 31.8 Å². The summed E-state index contributed by atoms with van der Waals surface area (Å²) in [6.45, 7) is 9.05. The summed E-state index contributed by atoms with van der Waals surface area (Å²) in [5.74, 6) is 0.734. The van der Waals surface area contributed by atoms with Gasteiger partial charge in [0.25, 0.3) is 0 Å². The van der Waals surface area contributed by atoms with E-state index >= 15 is 0 Å². The number of nitrogens with one attached hydrogen (secondary N) is 2. The first-order valence-electron chi connectivity index (χ1n) is 6.61. The minimum atomic E-state index is -0.487. The number of carbonyl (C=O) groups is 1. The highest BCUT2D eigenvalue weighted by Gasteiger charge is 2.46. The van der Waals surface area contributed by atoms with Crippen LogP contribution in [0.15, 0.2) is 0 Å². The van der Waals surface area contributed by atoms with Crippen molar-refractivity contribution < 1.29 is 9.53 Å². The molecule has 2 atom stereocenters. The first kappa shape index (κ1) is 14.5. The molecule has 100 valence electrons. The van der Waals surface area contributed by atoms with Crippen LogP contribution < -0.4 is 10.6 Å². The maximum atomic E-state index is 12.2. The lowest BCUT2D eigenvalue weighted by molar-refractivity contribution is -0.153. The van der Waals surface area contributed by atoms with Crippen molar-refractivity contribution in [3.05, 3.63) is 0 Å². The maximum absolute atomic E-state index is 12.2. The molecular weight excluding hydrogens is 216 g/mol. The second-order valence-corrected chi connectivity index (χ2v) is 5.30. The van der Waals surface area contributed by atoms with Crippen molar-refractivity contribution in [3.8, 4) is 0 Å². The summed E-state index contributed by atoms with van der Waals surface area (Å²) < 4.78 is 5.03. The van der Waals surface area contributed by atoms with Gasteiger partial charge in [0.2, 0.25) is 0 Å². The fourth-order valence-electron chi connectivity index (χ4n) is 2.58. The summed E-state index contributed by atoms with van der Waals surface area (Å²) in [6, 6.07) is 0. The van der Waals surface area contributed by atoms with Crippen molar-refractivity contribution in [2.45, 2.75) is 39.2 Å². The molecule has 4 nitrogen and oxygen atoms in total. The maximum Gasteiger partial charge on any atom is 0.326 e. The number of piperidine rings is 1. The van der Waals surface area contributed by atoms with Crippen LogP contribution in [0.2, 0.25) is 0 Å². The van der Waals surface area contributed by atoms with Crippen molar-refractivity contribution in [2.75, 3.05) is 26.7 Å². The van der Waals surface area contributed by atoms with Crippen molar-refractivity contribution in [2.24, 2.45) is 11.8 Å². The van der Waals surface area contributed by atoms with E-state index in [9.17, 15) is 4.79 Å². The Kier molecular flexibility index (Phi) is 5.40. The number of hydrogen-bond acceptors (Lipinski definition) is 4. The monoisotopic (exact) mass is 242 g/mol. The molecule has 1 aliphatic rings. The number of esters is 1. The molecule has 0 aliphatic carbocycles. The van der Waals surface area contributed by atoms with Gasteiger partial charge in [-0.3, -0.25) is 4.79 Å². The first-order valence-corrected chi connectivity index (χ1v) is 6.61. The van der Waals surface area contributed by atoms with Gasteiger partial charge in [0.15, 0.2) is 0 Å². The fourth-order valence-corrected chi connectivity index (χ4v) is 2.58. The lowest BCUT2D eigenvalue weighted by atomic mass is 9.76. The van der Waals surface area contributed by atoms with Crippen LogP contribution in [-0.4, -0.2) is 38.3 Å². The van der Waals surface area contributed by atoms with Crippen molar-refractivity contribution in [1.29, 1.82) is 0 Å². The second kappa shape index (κ2) is 6.36. The highest BCUT2D eigenvalue weighted by atomic mass is 16.5. The number of hydrogen-bond donors (Lipinski definition) is 2. The van der Waals surface area contributed by atoms with Crippen LogP contribution >= 0.6 is 0 Å². The number of carbonyl (C=O) groups excluding carboxylic acids is 1. The van der Waals surface area contributed by atoms with Gasteiger partial charge in [-0.15, -0.1) is 0 Å². The topological polar surface area (TPSA) is 50.4 Å². The van der Waals surface area contributed by atoms with Gasteiger partial charge in [-0.1, -0.05) is 20.8 Å². The summed E-state index contributed by atoms with van der Waals surface area (Å²) in [7, 11) is 1.48. The molecule has 1 heterocycles. The lowest BCUT2D eigenvalue weighted by Gasteiger charge is -2.42. The van der Waals surface area contributed by atoms with Crippen molar-refractivity contribution >= 4 is 5.97 Å². The number of rotatable bonds is 5. The Balaban J connectivity index is 2.85. The highest BCUT2D eigenvalue weighted by molar-refractivity contribution is 5.81. The van der Waals surface area contributed by atoms with E-state index in [1.54, 1.807) is 0 Å². The average Bonchev–Trinajstić information content (AvgIpc) is 2.35. The zero-order chi connectivity index (χ0) is 12.9. The van der Waals surface area contributed by atoms with E-state index in [4.69, 9.17) is 4.74 Å². The number of ether oxygens (including phenoxy) is 1. The molecule has 2 N–H and O–H groups in total. The van der Waals surface area contributed by atoms with Crippen LogP contribution in [-0.2, 0) is 9.53 Å². The van der Waals surface area contributed by atoms with E-state index in [-0.39, 0.29) is 5.97 Å². The predicted octanol–water partition coefficient (Wildman–Crippen LogP) is 1.16. The normalized spacial score (nSPS) is 29.4. The van der Waals surface area contributed by atoms with Crippen molar-refractivity contribution in [1.82, 2.24) is 10.6 Å². The van der Waals surface area contributed by atoms with E-state index < -0.39 is 5.54 Å². The van der Waals surface area contributed by atoms with Crippen LogP contribution in [0.5, 0.6) is 0 Å². The molecule has 0 radical (unpaired) electrons. The molecule has 17 heavy (non-hydrogen) atoms. The molecule has 1 aliphatic heterocycles. The highest BCUT2D eigenvalue weighted by Crippen LogP contribution is 2.28. The molecule has 0 amide bonds. The van der Waals surface area contributed by atoms with Crippen LogP contribution in [0.3, 0.4) is 0 Å². The third-order valence-corrected chi connectivity index (χ3v) is 3.65. The van der Waals surface area contributed by atoms with Gasteiger partial charge in [0, 0.05) is 12.5 Å². The molecule has 0 aromatic carbocycles. The third kappa shape index (κ3) is 3.19. The number of methoxy groups -OCH3 is 1. The van der Waals surface area contributed by atoms with E-state index in [0.29, 0.717) is 11.8 Å². The molecule has 2 unspecified atom stereocenters. The van der Waals surface area contributed by atoms with Gasteiger partial charge in [-0.25, -0.2) is 0 Å². The molecule has 0 spiro atoms. The Labute approximate surface area is 104 Å². The first-order chi connectivity index (χ1) is 8.06. The molecule has 0 bridgehead atoms. The van der Waals surface area contributed by atoms with E-state index in [1.807, 2.05) is 0 Å². The van der Waals surface area contributed by atoms with Crippen LogP contribution in [0.25, 0.3) is 0 Å². The quantitative estimate of drug-likeness (QED) is 0.710. The minimum Gasteiger partial charge on any atom is -0.468 e. The molecule has 0 saturated carbocycles. The molecule has 0 aromatic rings. The Hall–Kier alpha value is -0.610. The Morgan fingerprint density at radius 3 is 2.82 bits per heavy atom. The van der Waals surface area contributed by atoms with Gasteiger partial charge in [-0.2, -0.15) is 0 Å². The second-order valence-electron chi connectivity index (χ2n) is 5.30. The lowest BCUT2D eigenvalue weighted by Crippen LogP contribution is -2.64. The zero-order valence-corrected chi connectivity index (χ0v) is 11.5. The minimum absolute atomic E-state index is 0.105.